The third kappa shape index (κ3) is 4.35. The fourth-order valence-electron chi connectivity index (χ4n) is 1.73. The lowest BCUT2D eigenvalue weighted by Gasteiger charge is -2.04. The van der Waals surface area contributed by atoms with Crippen molar-refractivity contribution in [1.82, 2.24) is 0 Å². The van der Waals surface area contributed by atoms with Crippen molar-refractivity contribution in [2.75, 3.05) is 6.61 Å². The van der Waals surface area contributed by atoms with Crippen LogP contribution in [0.1, 0.15) is 11.1 Å². The zero-order valence-electron chi connectivity index (χ0n) is 11.2. The molecular weight excluding hydrogens is 286 g/mol. The van der Waals surface area contributed by atoms with E-state index in [0.29, 0.717) is 5.75 Å². The molecule has 1 N–H and O–H groups in total. The van der Waals surface area contributed by atoms with Crippen molar-refractivity contribution in [3.63, 3.8) is 0 Å². The number of aliphatic hydroxyl groups is 1. The first-order chi connectivity index (χ1) is 10.2. The van der Waals surface area contributed by atoms with Gasteiger partial charge in [-0.3, -0.25) is 10.1 Å². The number of rotatable bonds is 4. The Bertz CT molecular complexity index is 687. The second-order valence-corrected chi connectivity index (χ2v) is 5.21. The van der Waals surface area contributed by atoms with E-state index < -0.39 is 4.92 Å². The zero-order valence-corrected chi connectivity index (χ0v) is 12.0. The molecule has 0 amide bonds. The van der Waals surface area contributed by atoms with Crippen LogP contribution < -0.4 is 0 Å². The first kappa shape index (κ1) is 15.1. The minimum atomic E-state index is -0.409. The fourth-order valence-corrected chi connectivity index (χ4v) is 2.63. The standard InChI is InChI=1S/C16H13NO3S/c18-11-3-6-13-4-1-2-5-14(13)12-21-16-9-7-15(8-10-16)17(19)20/h1-2,4-5,7-10,18H,11-12H2. The van der Waals surface area contributed by atoms with Gasteiger partial charge in [-0.1, -0.05) is 30.0 Å². The number of hydrogen-bond acceptors (Lipinski definition) is 4. The van der Waals surface area contributed by atoms with E-state index in [1.807, 2.05) is 24.3 Å². The quantitative estimate of drug-likeness (QED) is 0.407. The molecular formula is C16H13NO3S. The van der Waals surface area contributed by atoms with Crippen molar-refractivity contribution in [3.8, 4) is 11.8 Å². The maximum Gasteiger partial charge on any atom is 0.269 e. The Labute approximate surface area is 127 Å². The minimum Gasteiger partial charge on any atom is -0.384 e. The summed E-state index contributed by atoms with van der Waals surface area (Å²) in [5.41, 5.74) is 2.05. The summed E-state index contributed by atoms with van der Waals surface area (Å²) in [6.45, 7) is -0.163. The Morgan fingerprint density at radius 1 is 1.14 bits per heavy atom. The molecule has 0 saturated carbocycles. The molecule has 2 rings (SSSR count). The number of hydrogen-bond donors (Lipinski definition) is 1. The molecule has 0 spiro atoms. The topological polar surface area (TPSA) is 63.4 Å². The number of benzene rings is 2. The molecule has 0 fully saturated rings. The van der Waals surface area contributed by atoms with E-state index in [4.69, 9.17) is 5.11 Å². The van der Waals surface area contributed by atoms with E-state index in [-0.39, 0.29) is 12.3 Å². The van der Waals surface area contributed by atoms with Gasteiger partial charge < -0.3 is 5.11 Å². The second kappa shape index (κ2) is 7.48. The number of nitrogens with zero attached hydrogens (tertiary/aromatic N) is 1. The lowest BCUT2D eigenvalue weighted by atomic mass is 10.1. The maximum absolute atomic E-state index is 10.6. The summed E-state index contributed by atoms with van der Waals surface area (Å²) in [7, 11) is 0. The van der Waals surface area contributed by atoms with Gasteiger partial charge in [0.2, 0.25) is 0 Å². The lowest BCUT2D eigenvalue weighted by Crippen LogP contribution is -1.89. The second-order valence-electron chi connectivity index (χ2n) is 4.16. The van der Waals surface area contributed by atoms with E-state index >= 15 is 0 Å². The van der Waals surface area contributed by atoms with Crippen molar-refractivity contribution in [1.29, 1.82) is 0 Å². The van der Waals surface area contributed by atoms with Crippen molar-refractivity contribution in [3.05, 3.63) is 69.8 Å². The van der Waals surface area contributed by atoms with E-state index in [2.05, 4.69) is 11.8 Å². The molecule has 4 nitrogen and oxygen atoms in total. The van der Waals surface area contributed by atoms with Crippen molar-refractivity contribution in [2.45, 2.75) is 10.6 Å². The van der Waals surface area contributed by atoms with Crippen molar-refractivity contribution < 1.29 is 10.0 Å². The van der Waals surface area contributed by atoms with Gasteiger partial charge in [0.05, 0.1) is 4.92 Å². The first-order valence-corrected chi connectivity index (χ1v) is 7.24. The number of thioether (sulfide) groups is 1. The monoisotopic (exact) mass is 299 g/mol. The van der Waals surface area contributed by atoms with E-state index in [1.165, 1.54) is 12.1 Å². The summed E-state index contributed by atoms with van der Waals surface area (Å²) < 4.78 is 0. The largest absolute Gasteiger partial charge is 0.384 e. The van der Waals surface area contributed by atoms with Gasteiger partial charge in [0.25, 0.3) is 5.69 Å². The van der Waals surface area contributed by atoms with Gasteiger partial charge in [0.15, 0.2) is 0 Å². The molecule has 2 aromatic carbocycles. The van der Waals surface area contributed by atoms with Gasteiger partial charge in [0.1, 0.15) is 6.61 Å². The SMILES string of the molecule is O=[N+]([O-])c1ccc(SCc2ccccc2C#CCO)cc1. The molecule has 5 heteroatoms. The summed E-state index contributed by atoms with van der Waals surface area (Å²) in [5, 5.41) is 19.4. The van der Waals surface area contributed by atoms with Crippen LogP contribution in [0, 0.1) is 22.0 Å². The highest BCUT2D eigenvalue weighted by Crippen LogP contribution is 2.26. The number of nitro groups is 1. The molecule has 0 heterocycles. The Balaban J connectivity index is 2.07. The summed E-state index contributed by atoms with van der Waals surface area (Å²) in [5.74, 6) is 6.28. The molecule has 0 atom stereocenters. The highest BCUT2D eigenvalue weighted by atomic mass is 32.2. The van der Waals surface area contributed by atoms with Gasteiger partial charge in [0, 0.05) is 28.3 Å². The number of nitro benzene ring substituents is 1. The van der Waals surface area contributed by atoms with Crippen molar-refractivity contribution in [2.24, 2.45) is 0 Å². The predicted octanol–water partition coefficient (Wildman–Crippen LogP) is 3.23. The van der Waals surface area contributed by atoms with E-state index in [1.54, 1.807) is 23.9 Å². The maximum atomic E-state index is 10.6. The van der Waals surface area contributed by atoms with Gasteiger partial charge in [-0.05, 0) is 23.8 Å². The molecule has 0 aliphatic rings. The lowest BCUT2D eigenvalue weighted by molar-refractivity contribution is -0.384. The van der Waals surface area contributed by atoms with E-state index in [0.717, 1.165) is 16.0 Å². The minimum absolute atomic E-state index is 0.0913. The molecule has 0 bridgehead atoms. The smallest absolute Gasteiger partial charge is 0.269 e. The average molecular weight is 299 g/mol. The Morgan fingerprint density at radius 2 is 1.86 bits per heavy atom. The van der Waals surface area contributed by atoms with Crippen molar-refractivity contribution >= 4 is 17.4 Å². The van der Waals surface area contributed by atoms with Gasteiger partial charge in [-0.25, -0.2) is 0 Å². The molecule has 0 radical (unpaired) electrons. The summed E-state index contributed by atoms with van der Waals surface area (Å²) in [4.78, 5) is 11.2. The molecule has 106 valence electrons. The fraction of sp³-hybridized carbons (Fsp3) is 0.125. The molecule has 0 unspecified atom stereocenters. The van der Waals surface area contributed by atoms with Crippen LogP contribution in [0.3, 0.4) is 0 Å². The molecule has 0 saturated heterocycles. The summed E-state index contributed by atoms with van der Waals surface area (Å²) in [6, 6.07) is 14.2. The summed E-state index contributed by atoms with van der Waals surface area (Å²) in [6.07, 6.45) is 0. The molecule has 0 aliphatic heterocycles. The highest BCUT2D eigenvalue weighted by molar-refractivity contribution is 7.98. The first-order valence-electron chi connectivity index (χ1n) is 6.25. The number of aliphatic hydroxyl groups excluding tert-OH is 1. The van der Waals surface area contributed by atoms with Crippen LogP contribution in [0.25, 0.3) is 0 Å². The van der Waals surface area contributed by atoms with Crippen LogP contribution in [0.2, 0.25) is 0 Å². The Hall–Kier alpha value is -2.29. The van der Waals surface area contributed by atoms with Gasteiger partial charge in [-0.15, -0.1) is 11.8 Å². The Kier molecular flexibility index (Phi) is 5.38. The van der Waals surface area contributed by atoms with Crippen LogP contribution in [0.15, 0.2) is 53.4 Å². The number of non-ortho nitro benzene ring substituents is 1. The predicted molar refractivity (Wildman–Crippen MR) is 83.1 cm³/mol. The highest BCUT2D eigenvalue weighted by Gasteiger charge is 2.05. The normalized spacial score (nSPS) is 9.76. The van der Waals surface area contributed by atoms with E-state index in [9.17, 15) is 10.1 Å². The van der Waals surface area contributed by atoms with Crippen LogP contribution >= 0.6 is 11.8 Å². The average Bonchev–Trinajstić information content (AvgIpc) is 2.52. The van der Waals surface area contributed by atoms with Gasteiger partial charge in [-0.2, -0.15) is 0 Å². The molecule has 0 aliphatic carbocycles. The third-order valence-electron chi connectivity index (χ3n) is 2.76. The zero-order chi connectivity index (χ0) is 15.1. The molecule has 0 aromatic heterocycles. The van der Waals surface area contributed by atoms with Crippen LogP contribution in [0.4, 0.5) is 5.69 Å². The van der Waals surface area contributed by atoms with Gasteiger partial charge >= 0.3 is 0 Å². The third-order valence-corrected chi connectivity index (χ3v) is 3.82. The summed E-state index contributed by atoms with van der Waals surface area (Å²) >= 11 is 1.59. The van der Waals surface area contributed by atoms with Crippen LogP contribution in [-0.4, -0.2) is 16.6 Å². The molecule has 2 aromatic rings. The van der Waals surface area contributed by atoms with Crippen LogP contribution in [-0.2, 0) is 5.75 Å². The molecule has 21 heavy (non-hydrogen) atoms. The Morgan fingerprint density at radius 3 is 2.52 bits per heavy atom. The van der Waals surface area contributed by atoms with Crippen LogP contribution in [0.5, 0.6) is 0 Å².